The largest absolute Gasteiger partial charge is 0.463 e. The lowest BCUT2D eigenvalue weighted by molar-refractivity contribution is -0.145. The van der Waals surface area contributed by atoms with Gasteiger partial charge in [0.05, 0.1) is 26.4 Å². The SMILES string of the molecule is CCCCCCCC(=O)OCCOCCOCCCl. The van der Waals surface area contributed by atoms with Crippen LogP contribution in [0.5, 0.6) is 0 Å². The Morgan fingerprint density at radius 2 is 1.53 bits per heavy atom. The van der Waals surface area contributed by atoms with Crippen LogP contribution < -0.4 is 0 Å². The zero-order valence-corrected chi connectivity index (χ0v) is 12.8. The number of halogens is 1. The summed E-state index contributed by atoms with van der Waals surface area (Å²) >= 11 is 5.45. The fourth-order valence-corrected chi connectivity index (χ4v) is 1.65. The third kappa shape index (κ3) is 15.6. The Morgan fingerprint density at radius 1 is 0.895 bits per heavy atom. The van der Waals surface area contributed by atoms with E-state index in [4.69, 9.17) is 25.8 Å². The van der Waals surface area contributed by atoms with Crippen LogP contribution in [-0.2, 0) is 19.0 Å². The molecule has 0 N–H and O–H groups in total. The second-order valence-corrected chi connectivity index (χ2v) is 4.68. The normalized spacial score (nSPS) is 10.6. The summed E-state index contributed by atoms with van der Waals surface area (Å²) in [6.45, 7) is 4.49. The van der Waals surface area contributed by atoms with Gasteiger partial charge in [-0.3, -0.25) is 4.79 Å². The number of ether oxygens (including phenoxy) is 3. The molecule has 0 saturated carbocycles. The molecule has 0 radical (unpaired) electrons. The van der Waals surface area contributed by atoms with Crippen molar-refractivity contribution in [2.75, 3.05) is 38.9 Å². The van der Waals surface area contributed by atoms with Gasteiger partial charge in [-0.1, -0.05) is 32.6 Å². The van der Waals surface area contributed by atoms with Crippen molar-refractivity contribution in [3.63, 3.8) is 0 Å². The molecule has 5 heteroatoms. The van der Waals surface area contributed by atoms with E-state index in [1.54, 1.807) is 0 Å². The van der Waals surface area contributed by atoms with Gasteiger partial charge in [-0.15, -0.1) is 11.6 Å². The number of carbonyl (C=O) groups is 1. The van der Waals surface area contributed by atoms with Gasteiger partial charge in [0, 0.05) is 12.3 Å². The van der Waals surface area contributed by atoms with E-state index < -0.39 is 0 Å². The fourth-order valence-electron chi connectivity index (χ4n) is 1.54. The minimum absolute atomic E-state index is 0.126. The van der Waals surface area contributed by atoms with Gasteiger partial charge in [-0.2, -0.15) is 0 Å². The zero-order valence-electron chi connectivity index (χ0n) is 12.0. The zero-order chi connectivity index (χ0) is 14.2. The fraction of sp³-hybridized carbons (Fsp3) is 0.929. The van der Waals surface area contributed by atoms with Crippen LogP contribution in [0.4, 0.5) is 0 Å². The van der Waals surface area contributed by atoms with E-state index in [0.717, 1.165) is 12.8 Å². The Hall–Kier alpha value is -0.320. The first kappa shape index (κ1) is 18.7. The molecular weight excluding hydrogens is 268 g/mol. The van der Waals surface area contributed by atoms with Crippen molar-refractivity contribution in [2.24, 2.45) is 0 Å². The summed E-state index contributed by atoms with van der Waals surface area (Å²) in [5.74, 6) is 0.370. The van der Waals surface area contributed by atoms with Crippen LogP contribution in [0.15, 0.2) is 0 Å². The Kier molecular flexibility index (Phi) is 15.5. The monoisotopic (exact) mass is 294 g/mol. The number of rotatable bonds is 14. The number of alkyl halides is 1. The predicted octanol–water partition coefficient (Wildman–Crippen LogP) is 3.16. The van der Waals surface area contributed by atoms with Gasteiger partial charge in [-0.25, -0.2) is 0 Å². The first-order chi connectivity index (χ1) is 9.31. The summed E-state index contributed by atoms with van der Waals surface area (Å²) in [5, 5.41) is 0. The number of hydrogen-bond acceptors (Lipinski definition) is 4. The highest BCUT2D eigenvalue weighted by molar-refractivity contribution is 6.17. The average Bonchev–Trinajstić information content (AvgIpc) is 2.41. The third-order valence-corrected chi connectivity index (χ3v) is 2.72. The van der Waals surface area contributed by atoms with Crippen LogP contribution in [0.3, 0.4) is 0 Å². The molecule has 0 aliphatic heterocycles. The van der Waals surface area contributed by atoms with E-state index in [0.29, 0.717) is 45.3 Å². The van der Waals surface area contributed by atoms with E-state index in [-0.39, 0.29) is 5.97 Å². The van der Waals surface area contributed by atoms with Crippen molar-refractivity contribution in [1.82, 2.24) is 0 Å². The molecule has 0 saturated heterocycles. The molecule has 0 aromatic carbocycles. The third-order valence-electron chi connectivity index (χ3n) is 2.57. The van der Waals surface area contributed by atoms with Gasteiger partial charge in [0.1, 0.15) is 6.61 Å². The van der Waals surface area contributed by atoms with Crippen LogP contribution in [0.25, 0.3) is 0 Å². The lowest BCUT2D eigenvalue weighted by Crippen LogP contribution is -2.13. The summed E-state index contributed by atoms with van der Waals surface area (Å²) in [4.78, 5) is 11.3. The maximum atomic E-state index is 11.3. The van der Waals surface area contributed by atoms with Crippen LogP contribution in [0.1, 0.15) is 45.4 Å². The molecule has 0 aromatic heterocycles. The van der Waals surface area contributed by atoms with Crippen LogP contribution in [-0.4, -0.2) is 44.9 Å². The van der Waals surface area contributed by atoms with Gasteiger partial charge in [0.15, 0.2) is 0 Å². The molecule has 0 bridgehead atoms. The van der Waals surface area contributed by atoms with Crippen molar-refractivity contribution >= 4 is 17.6 Å². The molecule has 19 heavy (non-hydrogen) atoms. The molecule has 4 nitrogen and oxygen atoms in total. The highest BCUT2D eigenvalue weighted by Gasteiger charge is 2.02. The Morgan fingerprint density at radius 3 is 2.21 bits per heavy atom. The van der Waals surface area contributed by atoms with Crippen molar-refractivity contribution < 1.29 is 19.0 Å². The standard InChI is InChI=1S/C14H27ClO4/c1-2-3-4-5-6-7-14(16)19-13-12-18-11-10-17-9-8-15/h2-13H2,1H3. The molecular formula is C14H27ClO4. The molecule has 0 amide bonds. The highest BCUT2D eigenvalue weighted by atomic mass is 35.5. The minimum Gasteiger partial charge on any atom is -0.463 e. The van der Waals surface area contributed by atoms with Crippen molar-refractivity contribution in [3.05, 3.63) is 0 Å². The lowest BCUT2D eigenvalue weighted by Gasteiger charge is -2.06. The molecule has 0 aliphatic carbocycles. The quantitative estimate of drug-likeness (QED) is 0.280. The molecule has 0 rings (SSSR count). The van der Waals surface area contributed by atoms with Gasteiger partial charge >= 0.3 is 5.97 Å². The Labute approximate surface area is 121 Å². The number of carbonyl (C=O) groups excluding carboxylic acids is 1. The number of unbranched alkanes of at least 4 members (excludes halogenated alkanes) is 4. The van der Waals surface area contributed by atoms with Crippen LogP contribution >= 0.6 is 11.6 Å². The van der Waals surface area contributed by atoms with Gasteiger partial charge in [0.2, 0.25) is 0 Å². The second-order valence-electron chi connectivity index (χ2n) is 4.30. The maximum Gasteiger partial charge on any atom is 0.305 e. The maximum absolute atomic E-state index is 11.3. The summed E-state index contributed by atoms with van der Waals surface area (Å²) < 4.78 is 15.4. The van der Waals surface area contributed by atoms with Gasteiger partial charge in [-0.05, 0) is 6.42 Å². The highest BCUT2D eigenvalue weighted by Crippen LogP contribution is 2.05. The van der Waals surface area contributed by atoms with E-state index >= 15 is 0 Å². The summed E-state index contributed by atoms with van der Waals surface area (Å²) in [6, 6.07) is 0. The number of esters is 1. The van der Waals surface area contributed by atoms with E-state index in [2.05, 4.69) is 6.92 Å². The van der Waals surface area contributed by atoms with E-state index in [1.165, 1.54) is 19.3 Å². The lowest BCUT2D eigenvalue weighted by atomic mass is 10.1. The van der Waals surface area contributed by atoms with Crippen molar-refractivity contribution in [3.8, 4) is 0 Å². The average molecular weight is 295 g/mol. The molecule has 0 fully saturated rings. The predicted molar refractivity (Wildman–Crippen MR) is 76.7 cm³/mol. The molecule has 0 heterocycles. The topological polar surface area (TPSA) is 44.8 Å². The molecule has 0 aliphatic rings. The molecule has 0 aromatic rings. The number of hydrogen-bond donors (Lipinski definition) is 0. The first-order valence-electron chi connectivity index (χ1n) is 7.18. The smallest absolute Gasteiger partial charge is 0.305 e. The second kappa shape index (κ2) is 15.7. The minimum atomic E-state index is -0.126. The van der Waals surface area contributed by atoms with Crippen LogP contribution in [0.2, 0.25) is 0 Å². The summed E-state index contributed by atoms with van der Waals surface area (Å²) in [5.41, 5.74) is 0. The van der Waals surface area contributed by atoms with Crippen LogP contribution in [0, 0.1) is 0 Å². The van der Waals surface area contributed by atoms with E-state index in [1.807, 2.05) is 0 Å². The van der Waals surface area contributed by atoms with Gasteiger partial charge in [0.25, 0.3) is 0 Å². The van der Waals surface area contributed by atoms with E-state index in [9.17, 15) is 4.79 Å². The molecule has 0 atom stereocenters. The molecule has 114 valence electrons. The van der Waals surface area contributed by atoms with Crippen molar-refractivity contribution in [1.29, 1.82) is 0 Å². The Balaban J connectivity index is 3.12. The van der Waals surface area contributed by atoms with Gasteiger partial charge < -0.3 is 14.2 Å². The first-order valence-corrected chi connectivity index (χ1v) is 7.71. The van der Waals surface area contributed by atoms with Crippen molar-refractivity contribution in [2.45, 2.75) is 45.4 Å². The molecule has 0 unspecified atom stereocenters. The Bertz CT molecular complexity index is 200. The molecule has 0 spiro atoms. The summed E-state index contributed by atoms with van der Waals surface area (Å²) in [6.07, 6.45) is 6.21. The summed E-state index contributed by atoms with van der Waals surface area (Å²) in [7, 11) is 0.